The number of nitrogens with zero attached hydrogens (tertiary/aromatic N) is 2. The summed E-state index contributed by atoms with van der Waals surface area (Å²) in [5.74, 6) is 0. The molecule has 0 atom stereocenters. The maximum atomic E-state index is 4.42. The highest BCUT2D eigenvalue weighted by molar-refractivity contribution is 5.63. The lowest BCUT2D eigenvalue weighted by molar-refractivity contribution is 0.366. The van der Waals surface area contributed by atoms with Gasteiger partial charge >= 0.3 is 0 Å². The van der Waals surface area contributed by atoms with E-state index in [0.717, 1.165) is 49.1 Å². The van der Waals surface area contributed by atoms with Crippen molar-refractivity contribution in [1.82, 2.24) is 20.1 Å². The third-order valence-corrected chi connectivity index (χ3v) is 5.69. The molecule has 4 rings (SSSR count). The number of rotatable bonds is 7. The van der Waals surface area contributed by atoms with E-state index in [1.165, 1.54) is 22.1 Å². The Morgan fingerprint density at radius 3 is 2.73 bits per heavy atom. The van der Waals surface area contributed by atoms with Crippen LogP contribution in [0.5, 0.6) is 0 Å². The van der Waals surface area contributed by atoms with E-state index in [9.17, 15) is 0 Å². The maximum Gasteiger partial charge on any atom is 0.0854 e. The molecule has 4 heteroatoms. The van der Waals surface area contributed by atoms with Crippen LogP contribution >= 0.6 is 0 Å². The molecule has 2 aliphatic rings. The van der Waals surface area contributed by atoms with Crippen LogP contribution in [0, 0.1) is 0 Å². The number of H-pyrrole nitrogens is 2. The summed E-state index contributed by atoms with van der Waals surface area (Å²) in [5.41, 5.74) is 5.95. The SMILES string of the molecule is CCN(CC)C1=CC=C(/C=C/c2cc(/C=C/C3=CCC=c4cc[nH]c4=C3)[nH]n2)CC1. The van der Waals surface area contributed by atoms with Crippen molar-refractivity contribution in [2.24, 2.45) is 0 Å². The molecule has 2 aromatic rings. The van der Waals surface area contributed by atoms with Gasteiger partial charge in [0.2, 0.25) is 0 Å². The first-order chi connectivity index (χ1) is 14.7. The number of hydrogen-bond acceptors (Lipinski definition) is 2. The number of nitrogens with one attached hydrogen (secondary N) is 2. The summed E-state index contributed by atoms with van der Waals surface area (Å²) in [5, 5.41) is 9.97. The third kappa shape index (κ3) is 4.82. The molecular formula is C26H30N4. The van der Waals surface area contributed by atoms with Crippen LogP contribution in [-0.4, -0.2) is 33.2 Å². The molecule has 4 nitrogen and oxygen atoms in total. The Labute approximate surface area is 178 Å². The summed E-state index contributed by atoms with van der Waals surface area (Å²) >= 11 is 0. The van der Waals surface area contributed by atoms with E-state index in [0.29, 0.717) is 0 Å². The van der Waals surface area contributed by atoms with E-state index in [-0.39, 0.29) is 0 Å². The van der Waals surface area contributed by atoms with E-state index < -0.39 is 0 Å². The van der Waals surface area contributed by atoms with Crippen LogP contribution in [0.15, 0.2) is 65.6 Å². The van der Waals surface area contributed by atoms with Gasteiger partial charge in [0.1, 0.15) is 0 Å². The van der Waals surface area contributed by atoms with Crippen molar-refractivity contribution in [1.29, 1.82) is 0 Å². The lowest BCUT2D eigenvalue weighted by Crippen LogP contribution is -2.22. The summed E-state index contributed by atoms with van der Waals surface area (Å²) in [6.07, 6.45) is 24.8. The minimum Gasteiger partial charge on any atom is -0.375 e. The molecule has 2 aliphatic carbocycles. The van der Waals surface area contributed by atoms with Crippen molar-refractivity contribution in [3.05, 3.63) is 87.5 Å². The van der Waals surface area contributed by atoms with Gasteiger partial charge in [0, 0.05) is 30.3 Å². The molecule has 0 amide bonds. The highest BCUT2D eigenvalue weighted by Gasteiger charge is 2.09. The topological polar surface area (TPSA) is 47.7 Å². The average molecular weight is 399 g/mol. The van der Waals surface area contributed by atoms with Crippen LogP contribution in [0.3, 0.4) is 0 Å². The Morgan fingerprint density at radius 1 is 1.03 bits per heavy atom. The number of fused-ring (bicyclic) bond motifs is 1. The number of aromatic amines is 2. The minimum absolute atomic E-state index is 0.942. The van der Waals surface area contributed by atoms with E-state index in [1.807, 2.05) is 6.20 Å². The molecule has 0 aliphatic heterocycles. The van der Waals surface area contributed by atoms with E-state index in [2.05, 4.69) is 101 Å². The fraction of sp³-hybridized carbons (Fsp3) is 0.269. The fourth-order valence-electron chi connectivity index (χ4n) is 3.94. The zero-order valence-corrected chi connectivity index (χ0v) is 17.9. The molecule has 2 aromatic heterocycles. The van der Waals surface area contributed by atoms with Crippen molar-refractivity contribution >= 4 is 24.3 Å². The zero-order valence-electron chi connectivity index (χ0n) is 17.9. The van der Waals surface area contributed by atoms with E-state index in [1.54, 1.807) is 0 Å². The first-order valence-corrected chi connectivity index (χ1v) is 10.9. The van der Waals surface area contributed by atoms with Gasteiger partial charge in [-0.3, -0.25) is 5.10 Å². The van der Waals surface area contributed by atoms with E-state index in [4.69, 9.17) is 0 Å². The standard InChI is InChI=1S/C26H30N4/c1-3-30(4-2)25-14-10-20(11-15-25)8-12-23-19-24(29-28-23)13-9-21-6-5-7-22-16-17-27-26(22)18-21/h6-10,12-14,16-19,27H,3-5,11,15H2,1-2H3,(H,28,29)/b12-8+,13-9+. The van der Waals surface area contributed by atoms with Gasteiger partial charge in [0.25, 0.3) is 0 Å². The fourth-order valence-corrected chi connectivity index (χ4v) is 3.94. The Balaban J connectivity index is 1.40. The lowest BCUT2D eigenvalue weighted by atomic mass is 10.0. The monoisotopic (exact) mass is 398 g/mol. The first kappa shape index (κ1) is 20.0. The second kappa shape index (κ2) is 9.49. The van der Waals surface area contributed by atoms with Gasteiger partial charge in [-0.25, -0.2) is 0 Å². The normalized spacial score (nSPS) is 16.4. The maximum absolute atomic E-state index is 4.42. The van der Waals surface area contributed by atoms with Gasteiger partial charge in [-0.05, 0) is 85.9 Å². The summed E-state index contributed by atoms with van der Waals surface area (Å²) < 4.78 is 0. The number of aromatic nitrogens is 3. The Bertz CT molecular complexity index is 1140. The average Bonchev–Trinajstić information content (AvgIpc) is 3.37. The van der Waals surface area contributed by atoms with Crippen LogP contribution in [-0.2, 0) is 0 Å². The van der Waals surface area contributed by atoms with Gasteiger partial charge in [-0.15, -0.1) is 0 Å². The van der Waals surface area contributed by atoms with Gasteiger partial charge in [0.15, 0.2) is 0 Å². The largest absolute Gasteiger partial charge is 0.375 e. The molecule has 0 saturated heterocycles. The molecule has 0 spiro atoms. The molecule has 0 aromatic carbocycles. The molecule has 0 fully saturated rings. The molecule has 0 radical (unpaired) electrons. The van der Waals surface area contributed by atoms with E-state index >= 15 is 0 Å². The molecule has 154 valence electrons. The minimum atomic E-state index is 0.942. The number of hydrogen-bond donors (Lipinski definition) is 2. The van der Waals surface area contributed by atoms with Crippen molar-refractivity contribution in [3.63, 3.8) is 0 Å². The molecule has 30 heavy (non-hydrogen) atoms. The van der Waals surface area contributed by atoms with Crippen molar-refractivity contribution < 1.29 is 0 Å². The van der Waals surface area contributed by atoms with Crippen LogP contribution in [0.1, 0.15) is 44.5 Å². The van der Waals surface area contributed by atoms with Crippen molar-refractivity contribution in [3.8, 4) is 0 Å². The quantitative estimate of drug-likeness (QED) is 0.730. The zero-order chi connectivity index (χ0) is 20.8. The second-order valence-electron chi connectivity index (χ2n) is 7.62. The summed E-state index contributed by atoms with van der Waals surface area (Å²) in [4.78, 5) is 5.72. The molecule has 2 N–H and O–H groups in total. The predicted octanol–water partition coefficient (Wildman–Crippen LogP) is 4.30. The van der Waals surface area contributed by atoms with Gasteiger partial charge in [0.05, 0.1) is 11.4 Å². The Kier molecular flexibility index (Phi) is 6.33. The van der Waals surface area contributed by atoms with Gasteiger partial charge in [-0.2, -0.15) is 5.10 Å². The Hall–Kier alpha value is -3.27. The smallest absolute Gasteiger partial charge is 0.0854 e. The highest BCUT2D eigenvalue weighted by atomic mass is 15.1. The van der Waals surface area contributed by atoms with Crippen LogP contribution in [0.2, 0.25) is 0 Å². The summed E-state index contributed by atoms with van der Waals surface area (Å²) in [6.45, 7) is 6.58. The molecule has 2 heterocycles. The molecule has 0 bridgehead atoms. The van der Waals surface area contributed by atoms with Gasteiger partial charge < -0.3 is 9.88 Å². The van der Waals surface area contributed by atoms with Crippen LogP contribution < -0.4 is 10.6 Å². The van der Waals surface area contributed by atoms with Gasteiger partial charge in [-0.1, -0.05) is 30.4 Å². The van der Waals surface area contributed by atoms with Crippen molar-refractivity contribution in [2.45, 2.75) is 33.1 Å². The Morgan fingerprint density at radius 2 is 1.93 bits per heavy atom. The molecule has 0 saturated carbocycles. The highest BCUT2D eigenvalue weighted by Crippen LogP contribution is 2.22. The number of allylic oxidation sites excluding steroid dienone is 8. The second-order valence-corrected chi connectivity index (χ2v) is 7.62. The predicted molar refractivity (Wildman–Crippen MR) is 127 cm³/mol. The van der Waals surface area contributed by atoms with Crippen LogP contribution in [0.4, 0.5) is 0 Å². The lowest BCUT2D eigenvalue weighted by Gasteiger charge is -2.26. The first-order valence-electron chi connectivity index (χ1n) is 10.9. The molecule has 0 unspecified atom stereocenters. The molecular weight excluding hydrogens is 368 g/mol. The van der Waals surface area contributed by atoms with Crippen molar-refractivity contribution in [2.75, 3.05) is 13.1 Å². The summed E-state index contributed by atoms with van der Waals surface area (Å²) in [6, 6.07) is 4.19. The summed E-state index contributed by atoms with van der Waals surface area (Å²) in [7, 11) is 0. The van der Waals surface area contributed by atoms with Crippen LogP contribution in [0.25, 0.3) is 24.3 Å². The third-order valence-electron chi connectivity index (χ3n) is 5.69.